The highest BCUT2D eigenvalue weighted by Crippen LogP contribution is 2.44. The summed E-state index contributed by atoms with van der Waals surface area (Å²) in [5.41, 5.74) is 1.39. The van der Waals surface area contributed by atoms with Crippen molar-refractivity contribution in [2.24, 2.45) is 11.3 Å². The Hall–Kier alpha value is -3.21. The molecule has 2 aliphatic heterocycles. The van der Waals surface area contributed by atoms with Crippen molar-refractivity contribution in [3.8, 4) is 6.07 Å². The van der Waals surface area contributed by atoms with E-state index >= 15 is 0 Å². The quantitative estimate of drug-likeness (QED) is 0.746. The molecule has 0 amide bonds. The van der Waals surface area contributed by atoms with Crippen molar-refractivity contribution in [2.75, 3.05) is 36.0 Å². The summed E-state index contributed by atoms with van der Waals surface area (Å²) in [4.78, 5) is 16.7. The molecule has 8 heteroatoms. The fraction of sp³-hybridized carbons (Fsp3) is 0.421. The van der Waals surface area contributed by atoms with Gasteiger partial charge in [-0.25, -0.2) is 9.97 Å². The smallest absolute Gasteiger partial charge is 0.163 e. The molecule has 0 unspecified atom stereocenters. The van der Waals surface area contributed by atoms with Crippen LogP contribution in [0.25, 0.3) is 11.0 Å². The van der Waals surface area contributed by atoms with Gasteiger partial charge in [0.25, 0.3) is 0 Å². The van der Waals surface area contributed by atoms with Crippen LogP contribution in [0.4, 0.5) is 11.6 Å². The second-order valence-corrected chi connectivity index (χ2v) is 7.77. The highest BCUT2D eigenvalue weighted by atomic mass is 15.3. The largest absolute Gasteiger partial charge is 0.355 e. The molecule has 2 saturated heterocycles. The Morgan fingerprint density at radius 2 is 2.07 bits per heavy atom. The molecule has 0 spiro atoms. The maximum Gasteiger partial charge on any atom is 0.163 e. The number of aromatic nitrogens is 5. The van der Waals surface area contributed by atoms with Crippen molar-refractivity contribution in [1.82, 2.24) is 25.1 Å². The molecule has 136 valence electrons. The Balaban J connectivity index is 1.40. The number of H-pyrrole nitrogens is 1. The summed E-state index contributed by atoms with van der Waals surface area (Å²) in [5.74, 6) is 2.47. The van der Waals surface area contributed by atoms with E-state index in [-0.39, 0.29) is 5.41 Å². The van der Waals surface area contributed by atoms with E-state index in [4.69, 9.17) is 5.26 Å². The van der Waals surface area contributed by atoms with Gasteiger partial charge < -0.3 is 14.8 Å². The molecule has 0 aliphatic carbocycles. The maximum absolute atomic E-state index is 8.92. The first-order chi connectivity index (χ1) is 13.2. The molecular formula is C19H20N8. The zero-order valence-electron chi connectivity index (χ0n) is 15.1. The van der Waals surface area contributed by atoms with Crippen LogP contribution in [-0.4, -0.2) is 51.3 Å². The van der Waals surface area contributed by atoms with Crippen molar-refractivity contribution < 1.29 is 0 Å². The third-order valence-corrected chi connectivity index (χ3v) is 6.00. The van der Waals surface area contributed by atoms with Gasteiger partial charge in [0.05, 0.1) is 5.39 Å². The fourth-order valence-corrected chi connectivity index (χ4v) is 4.58. The minimum Gasteiger partial charge on any atom is -0.355 e. The summed E-state index contributed by atoms with van der Waals surface area (Å²) < 4.78 is 0. The van der Waals surface area contributed by atoms with Crippen molar-refractivity contribution in [3.05, 3.63) is 36.4 Å². The summed E-state index contributed by atoms with van der Waals surface area (Å²) >= 11 is 0. The molecule has 0 saturated carbocycles. The highest BCUT2D eigenvalue weighted by molar-refractivity contribution is 5.87. The number of anilines is 2. The van der Waals surface area contributed by atoms with E-state index in [0.29, 0.717) is 11.6 Å². The molecule has 0 bridgehead atoms. The molecule has 0 radical (unpaired) electrons. The minimum absolute atomic E-state index is 0.154. The van der Waals surface area contributed by atoms with Gasteiger partial charge in [0.1, 0.15) is 23.9 Å². The molecule has 0 aromatic carbocycles. The molecule has 2 atom stereocenters. The Labute approximate surface area is 156 Å². The predicted molar refractivity (Wildman–Crippen MR) is 101 cm³/mol. The molecule has 5 rings (SSSR count). The zero-order valence-corrected chi connectivity index (χ0v) is 15.1. The number of rotatable bonds is 2. The van der Waals surface area contributed by atoms with Crippen LogP contribution >= 0.6 is 0 Å². The van der Waals surface area contributed by atoms with Gasteiger partial charge in [-0.05, 0) is 30.5 Å². The number of nitriles is 1. The zero-order chi connectivity index (χ0) is 18.4. The van der Waals surface area contributed by atoms with Crippen LogP contribution in [0.2, 0.25) is 0 Å². The van der Waals surface area contributed by atoms with Crippen LogP contribution < -0.4 is 9.80 Å². The minimum atomic E-state index is 0.154. The third-order valence-electron chi connectivity index (χ3n) is 6.00. The first-order valence-corrected chi connectivity index (χ1v) is 9.18. The van der Waals surface area contributed by atoms with Gasteiger partial charge in [-0.3, -0.25) is 0 Å². The lowest BCUT2D eigenvalue weighted by Crippen LogP contribution is -2.47. The Morgan fingerprint density at radius 1 is 1.19 bits per heavy atom. The molecular weight excluding hydrogens is 340 g/mol. The lowest BCUT2D eigenvalue weighted by molar-refractivity contribution is 0.216. The van der Waals surface area contributed by atoms with Gasteiger partial charge in [-0.2, -0.15) is 5.26 Å². The van der Waals surface area contributed by atoms with E-state index in [9.17, 15) is 0 Å². The molecule has 5 heterocycles. The lowest BCUT2D eigenvalue weighted by Gasteiger charge is -2.42. The number of nitrogens with zero attached hydrogens (tertiary/aromatic N) is 7. The van der Waals surface area contributed by atoms with E-state index in [2.05, 4.69) is 41.9 Å². The van der Waals surface area contributed by atoms with Gasteiger partial charge >= 0.3 is 0 Å². The van der Waals surface area contributed by atoms with Crippen molar-refractivity contribution >= 4 is 22.7 Å². The topological polar surface area (TPSA) is 97.6 Å². The van der Waals surface area contributed by atoms with Crippen molar-refractivity contribution in [1.29, 1.82) is 5.26 Å². The molecule has 27 heavy (non-hydrogen) atoms. The van der Waals surface area contributed by atoms with E-state index < -0.39 is 0 Å². The number of nitrogens with one attached hydrogen (secondary N) is 1. The third kappa shape index (κ3) is 2.58. The van der Waals surface area contributed by atoms with Gasteiger partial charge in [0.15, 0.2) is 11.5 Å². The van der Waals surface area contributed by atoms with Crippen LogP contribution in [0.5, 0.6) is 0 Å². The first kappa shape index (κ1) is 16.0. The normalized spacial score (nSPS) is 24.8. The van der Waals surface area contributed by atoms with Crippen LogP contribution in [-0.2, 0) is 0 Å². The van der Waals surface area contributed by atoms with Gasteiger partial charge in [-0.15, -0.1) is 10.2 Å². The monoisotopic (exact) mass is 360 g/mol. The Morgan fingerprint density at radius 3 is 2.89 bits per heavy atom. The maximum atomic E-state index is 8.92. The second-order valence-electron chi connectivity index (χ2n) is 7.77. The van der Waals surface area contributed by atoms with Gasteiger partial charge in [0, 0.05) is 37.8 Å². The van der Waals surface area contributed by atoms with E-state index in [1.807, 2.05) is 24.4 Å². The summed E-state index contributed by atoms with van der Waals surface area (Å²) in [6, 6.07) is 7.71. The summed E-state index contributed by atoms with van der Waals surface area (Å²) in [6.45, 7) is 6.21. The van der Waals surface area contributed by atoms with Crippen LogP contribution in [0.1, 0.15) is 19.0 Å². The molecule has 3 aromatic heterocycles. The lowest BCUT2D eigenvalue weighted by atomic mass is 9.75. The SMILES string of the molecule is C[C@]12CN(c3ccc(C#N)nn3)C[C@H]1CCN(c1ncnc3[nH]ccc13)C2. The Bertz CT molecular complexity index is 1020. The number of piperidine rings is 1. The molecule has 2 aliphatic rings. The standard InChI is InChI=1S/C19H20N8/c1-19-10-26(18-15-4-6-21-17(15)22-12-23-18)7-5-13(19)9-27(11-19)16-3-2-14(8-20)24-25-16/h2-4,6,12-13H,5,7,9-11H2,1H3,(H,21,22,23)/t13-,19+/m1/s1. The number of aromatic amines is 1. The summed E-state index contributed by atoms with van der Waals surface area (Å²) in [5, 5.41) is 18.2. The van der Waals surface area contributed by atoms with Crippen LogP contribution in [0.3, 0.4) is 0 Å². The van der Waals surface area contributed by atoms with E-state index in [0.717, 1.165) is 55.3 Å². The molecule has 1 N–H and O–H groups in total. The van der Waals surface area contributed by atoms with Crippen LogP contribution in [0.15, 0.2) is 30.7 Å². The van der Waals surface area contributed by atoms with Gasteiger partial charge in [0.2, 0.25) is 0 Å². The van der Waals surface area contributed by atoms with Crippen LogP contribution in [0, 0.1) is 22.7 Å². The second kappa shape index (κ2) is 5.91. The molecule has 3 aromatic rings. The number of hydrogen-bond acceptors (Lipinski definition) is 7. The molecule has 8 nitrogen and oxygen atoms in total. The Kier molecular flexibility index (Phi) is 3.50. The van der Waals surface area contributed by atoms with Gasteiger partial charge in [-0.1, -0.05) is 6.92 Å². The summed E-state index contributed by atoms with van der Waals surface area (Å²) in [7, 11) is 0. The fourth-order valence-electron chi connectivity index (χ4n) is 4.58. The average molecular weight is 360 g/mol. The number of hydrogen-bond donors (Lipinski definition) is 1. The van der Waals surface area contributed by atoms with Crippen molar-refractivity contribution in [3.63, 3.8) is 0 Å². The summed E-state index contributed by atoms with van der Waals surface area (Å²) in [6.07, 6.45) is 4.67. The molecule has 2 fully saturated rings. The first-order valence-electron chi connectivity index (χ1n) is 9.18. The van der Waals surface area contributed by atoms with Crippen molar-refractivity contribution in [2.45, 2.75) is 13.3 Å². The van der Waals surface area contributed by atoms with E-state index in [1.165, 1.54) is 0 Å². The highest BCUT2D eigenvalue weighted by Gasteiger charge is 2.47. The average Bonchev–Trinajstić information content (AvgIpc) is 3.31. The predicted octanol–water partition coefficient (Wildman–Crippen LogP) is 1.97. The number of fused-ring (bicyclic) bond motifs is 2. The van der Waals surface area contributed by atoms with E-state index in [1.54, 1.807) is 12.4 Å².